The minimum atomic E-state index is -4.52. The molecule has 272 valence electrons. The van der Waals surface area contributed by atoms with E-state index in [0.29, 0.717) is 16.7 Å². The summed E-state index contributed by atoms with van der Waals surface area (Å²) in [7, 11) is 3.00. The molecule has 0 atom stereocenters. The molecule has 1 aromatic heterocycles. The number of nitrogens with one attached hydrogen (secondary N) is 1. The fourth-order valence-corrected chi connectivity index (χ4v) is 5.25. The molecule has 11 nitrogen and oxygen atoms in total. The summed E-state index contributed by atoms with van der Waals surface area (Å²) in [6, 6.07) is 19.6. The fraction of sp³-hybridized carbons (Fsp3) is 0.263. The average Bonchev–Trinajstić information content (AvgIpc) is 3.13. The Hall–Kier alpha value is -6.05. The monoisotopic (exact) mass is 719 g/mol. The highest BCUT2D eigenvalue weighted by Gasteiger charge is 2.54. The van der Waals surface area contributed by atoms with E-state index in [4.69, 9.17) is 14.2 Å². The van der Waals surface area contributed by atoms with Crippen molar-refractivity contribution in [1.82, 2.24) is 9.88 Å². The number of hydrogen-bond acceptors (Lipinski definition) is 9. The van der Waals surface area contributed by atoms with Gasteiger partial charge in [0.2, 0.25) is 5.41 Å². The number of halogens is 3. The molecular weight excluding hydrogens is 683 g/mol. The van der Waals surface area contributed by atoms with Crippen molar-refractivity contribution < 1.29 is 51.4 Å². The lowest BCUT2D eigenvalue weighted by atomic mass is 9.80. The van der Waals surface area contributed by atoms with E-state index in [2.05, 4.69) is 10.3 Å². The van der Waals surface area contributed by atoms with Crippen LogP contribution in [-0.4, -0.2) is 66.9 Å². The predicted molar refractivity (Wildman–Crippen MR) is 183 cm³/mol. The van der Waals surface area contributed by atoms with E-state index in [9.17, 15) is 37.1 Å². The topological polar surface area (TPSA) is 141 Å². The molecule has 14 heteroatoms. The van der Waals surface area contributed by atoms with Crippen LogP contribution < -0.4 is 5.32 Å². The normalized spacial score (nSPS) is 11.3. The number of ether oxygens (including phenoxy) is 3. The van der Waals surface area contributed by atoms with Crippen molar-refractivity contribution in [1.29, 1.82) is 0 Å². The maximum Gasteiger partial charge on any atom is 0.416 e. The molecule has 3 aromatic carbocycles. The summed E-state index contributed by atoms with van der Waals surface area (Å²) >= 11 is 0. The molecule has 2 amide bonds. The Labute approximate surface area is 297 Å². The van der Waals surface area contributed by atoms with E-state index >= 15 is 0 Å². The third-order valence-corrected chi connectivity index (χ3v) is 7.82. The zero-order valence-electron chi connectivity index (χ0n) is 28.8. The van der Waals surface area contributed by atoms with E-state index in [-0.39, 0.29) is 42.3 Å². The first kappa shape index (κ1) is 38.7. The van der Waals surface area contributed by atoms with Gasteiger partial charge in [0.05, 0.1) is 42.1 Å². The highest BCUT2D eigenvalue weighted by molar-refractivity contribution is 6.12. The summed E-state index contributed by atoms with van der Waals surface area (Å²) in [5.74, 6) is -4.18. The number of anilines is 1. The quantitative estimate of drug-likeness (QED) is 0.0969. The summed E-state index contributed by atoms with van der Waals surface area (Å²) < 4.78 is 55.2. The Morgan fingerprint density at radius 3 is 1.98 bits per heavy atom. The van der Waals surface area contributed by atoms with Crippen LogP contribution in [0.2, 0.25) is 0 Å². The van der Waals surface area contributed by atoms with Crippen molar-refractivity contribution in [2.24, 2.45) is 0 Å². The molecule has 0 saturated heterocycles. The Balaban J connectivity index is 1.59. The Bertz CT molecular complexity index is 1910. The molecule has 0 aliphatic heterocycles. The molecule has 0 aliphatic carbocycles. The molecule has 0 spiro atoms. The lowest BCUT2D eigenvalue weighted by Crippen LogP contribution is -2.48. The molecule has 0 bridgehead atoms. The second kappa shape index (κ2) is 16.8. The first-order valence-corrected chi connectivity index (χ1v) is 16.1. The fourth-order valence-electron chi connectivity index (χ4n) is 5.25. The van der Waals surface area contributed by atoms with Gasteiger partial charge in [-0.15, -0.1) is 0 Å². The lowest BCUT2D eigenvalue weighted by Gasteiger charge is -2.27. The number of benzene rings is 3. The minimum absolute atomic E-state index is 0.0415. The van der Waals surface area contributed by atoms with Gasteiger partial charge in [-0.1, -0.05) is 42.5 Å². The molecular formula is C38H36F3N3O8. The van der Waals surface area contributed by atoms with E-state index in [1.165, 1.54) is 73.7 Å². The van der Waals surface area contributed by atoms with Gasteiger partial charge in [0.25, 0.3) is 11.8 Å². The van der Waals surface area contributed by atoms with Crippen LogP contribution >= 0.6 is 0 Å². The number of pyridine rings is 1. The van der Waals surface area contributed by atoms with E-state index < -0.39 is 53.3 Å². The van der Waals surface area contributed by atoms with Crippen LogP contribution in [0.1, 0.15) is 57.8 Å². The van der Waals surface area contributed by atoms with Gasteiger partial charge in [-0.25, -0.2) is 0 Å². The highest BCUT2D eigenvalue weighted by Crippen LogP contribution is 2.33. The van der Waals surface area contributed by atoms with Crippen LogP contribution in [0.5, 0.6) is 0 Å². The summed E-state index contributed by atoms with van der Waals surface area (Å²) in [6.45, 7) is 2.52. The molecule has 52 heavy (non-hydrogen) atoms. The second-order valence-corrected chi connectivity index (χ2v) is 11.6. The Kier molecular flexibility index (Phi) is 12.5. The molecule has 4 rings (SSSR count). The summed E-state index contributed by atoms with van der Waals surface area (Å²) in [6.07, 6.45) is -3.97. The number of alkyl halides is 3. The summed E-state index contributed by atoms with van der Waals surface area (Å²) in [4.78, 5) is 72.1. The van der Waals surface area contributed by atoms with Gasteiger partial charge in [0.15, 0.2) is 0 Å². The maximum atomic E-state index is 13.6. The molecule has 4 aromatic rings. The van der Waals surface area contributed by atoms with Crippen molar-refractivity contribution in [3.8, 4) is 11.1 Å². The third-order valence-electron chi connectivity index (χ3n) is 7.82. The molecule has 1 N–H and O–H groups in total. The second-order valence-electron chi connectivity index (χ2n) is 11.6. The van der Waals surface area contributed by atoms with Gasteiger partial charge in [-0.3, -0.25) is 29.0 Å². The Morgan fingerprint density at radius 2 is 1.40 bits per heavy atom. The van der Waals surface area contributed by atoms with Gasteiger partial charge in [0, 0.05) is 25.9 Å². The largest absolute Gasteiger partial charge is 0.465 e. The maximum absolute atomic E-state index is 13.6. The van der Waals surface area contributed by atoms with Gasteiger partial charge >= 0.3 is 24.1 Å². The van der Waals surface area contributed by atoms with Gasteiger partial charge in [-0.2, -0.15) is 13.2 Å². The van der Waals surface area contributed by atoms with Crippen LogP contribution in [-0.2, 0) is 46.8 Å². The molecule has 0 aliphatic rings. The van der Waals surface area contributed by atoms with Gasteiger partial charge < -0.3 is 24.4 Å². The zero-order chi connectivity index (χ0) is 38.1. The van der Waals surface area contributed by atoms with Crippen LogP contribution in [0.4, 0.5) is 18.9 Å². The minimum Gasteiger partial charge on any atom is -0.465 e. The number of hydrogen-bond donors (Lipinski definition) is 1. The number of esters is 3. The number of nitrogens with zero attached hydrogens (tertiary/aromatic N) is 2. The number of aromatic nitrogens is 1. The number of carbonyl (C=O) groups is 5. The van der Waals surface area contributed by atoms with E-state index in [0.717, 1.165) is 12.1 Å². The lowest BCUT2D eigenvalue weighted by molar-refractivity contribution is -0.170. The van der Waals surface area contributed by atoms with Crippen molar-refractivity contribution >= 4 is 35.4 Å². The number of carbonyl (C=O) groups excluding carboxylic acids is 5. The molecule has 0 saturated carbocycles. The SMILES string of the molecule is CCOC(=O)C(CC(=O)OCc1ccc(NC(=O)c2ccccc2-c2ccc(C(F)(F)F)cc2)c(C(=O)N(C)C)c1)(C(=O)OCC)c1ccccn1. The van der Waals surface area contributed by atoms with Crippen LogP contribution in [0.25, 0.3) is 11.1 Å². The van der Waals surface area contributed by atoms with Gasteiger partial charge in [-0.05, 0) is 73.0 Å². The molecule has 0 unspecified atom stereocenters. The van der Waals surface area contributed by atoms with Crippen LogP contribution in [0.3, 0.4) is 0 Å². The van der Waals surface area contributed by atoms with Crippen LogP contribution in [0.15, 0.2) is 91.1 Å². The number of amides is 2. The van der Waals surface area contributed by atoms with Crippen molar-refractivity contribution in [3.63, 3.8) is 0 Å². The van der Waals surface area contributed by atoms with Crippen molar-refractivity contribution in [3.05, 3.63) is 119 Å². The first-order valence-electron chi connectivity index (χ1n) is 16.1. The van der Waals surface area contributed by atoms with Crippen molar-refractivity contribution in [2.75, 3.05) is 32.6 Å². The van der Waals surface area contributed by atoms with E-state index in [1.807, 2.05) is 0 Å². The highest BCUT2D eigenvalue weighted by atomic mass is 19.4. The van der Waals surface area contributed by atoms with Gasteiger partial charge in [0.1, 0.15) is 6.61 Å². The standard InChI is InChI=1S/C38H36F3N3O8/c1-5-50-35(48)37(36(49)51-6-2,31-13-9-10-20-42-31)22-32(45)52-23-24-14-19-30(29(21-24)34(47)44(3)4)43-33(46)28-12-8-7-11-27(28)25-15-17-26(18-16-25)38(39,40)41/h7-21H,5-6,22-23H2,1-4H3,(H,43,46). The molecule has 0 radical (unpaired) electrons. The van der Waals surface area contributed by atoms with E-state index in [1.54, 1.807) is 38.1 Å². The Morgan fingerprint density at radius 1 is 0.769 bits per heavy atom. The first-order chi connectivity index (χ1) is 24.7. The molecule has 0 fully saturated rings. The third kappa shape index (κ3) is 8.81. The predicted octanol–water partition coefficient (Wildman–Crippen LogP) is 6.22. The molecule has 1 heterocycles. The number of rotatable bonds is 13. The zero-order valence-corrected chi connectivity index (χ0v) is 28.8. The smallest absolute Gasteiger partial charge is 0.416 e. The summed E-state index contributed by atoms with van der Waals surface area (Å²) in [5.41, 5.74) is -1.78. The van der Waals surface area contributed by atoms with Crippen molar-refractivity contribution in [2.45, 2.75) is 38.5 Å². The van der Waals surface area contributed by atoms with Crippen LogP contribution in [0, 0.1) is 0 Å². The summed E-state index contributed by atoms with van der Waals surface area (Å²) in [5, 5.41) is 2.71. The average molecular weight is 720 g/mol.